The smallest absolute Gasteiger partial charge is 0.188 e. The minimum absolute atomic E-state index is 0.326. The molecule has 0 radical (unpaired) electrons. The van der Waals surface area contributed by atoms with Crippen LogP contribution in [0.3, 0.4) is 0 Å². The Kier molecular flexibility index (Phi) is 12.9. The highest BCUT2D eigenvalue weighted by molar-refractivity contribution is 7.91. The summed E-state index contributed by atoms with van der Waals surface area (Å²) in [6.45, 7) is 13.4. The molecular formula is C45H57N3O2S. The molecule has 5 rings (SSSR count). The molecule has 1 atom stereocenters. The number of rotatable bonds is 17. The maximum Gasteiger partial charge on any atom is 0.188 e. The highest BCUT2D eigenvalue weighted by atomic mass is 32.2. The average molecular weight is 704 g/mol. The van der Waals surface area contributed by atoms with Gasteiger partial charge in [0.25, 0.3) is 0 Å². The molecule has 1 unspecified atom stereocenters. The minimum Gasteiger partial charge on any atom is -0.378 e. The fourth-order valence-corrected chi connectivity index (χ4v) is 8.87. The molecule has 0 saturated carbocycles. The Labute approximate surface area is 307 Å². The van der Waals surface area contributed by atoms with Crippen molar-refractivity contribution in [3.8, 4) is 0 Å². The van der Waals surface area contributed by atoms with Crippen LogP contribution in [0.25, 0.3) is 16.5 Å². The van der Waals surface area contributed by atoms with Crippen LogP contribution in [0, 0.1) is 13.8 Å². The summed E-state index contributed by atoms with van der Waals surface area (Å²) < 4.78 is 32.2. The number of unbranched alkanes of at least 4 members (excludes halogenated alkanes) is 5. The molecule has 0 aliphatic rings. The number of sulfone groups is 1. The molecule has 0 spiro atoms. The standard InChI is InChI=1S/C45H57N3O2S/c1-8-11-12-13-14-17-32-48-35(5)45(41-18-15-16-19-43(41)48)42(36-22-26-38(27-23-36)46(6)7)33-44(51(49,50)40-30-20-34(4)21-31-40)37-24-28-39(29-25-37)47(9-2)10-3/h15-16,18-31,33,44H,8-14,17,32H2,1-7H3/b42-33+. The van der Waals surface area contributed by atoms with Gasteiger partial charge < -0.3 is 14.4 Å². The Morgan fingerprint density at radius 1 is 0.725 bits per heavy atom. The van der Waals surface area contributed by atoms with Gasteiger partial charge in [-0.2, -0.15) is 0 Å². The lowest BCUT2D eigenvalue weighted by molar-refractivity contribution is 0.560. The Balaban J connectivity index is 1.73. The number of aromatic nitrogens is 1. The van der Waals surface area contributed by atoms with Gasteiger partial charge in [-0.05, 0) is 93.3 Å². The van der Waals surface area contributed by atoms with Gasteiger partial charge in [-0.3, -0.25) is 0 Å². The lowest BCUT2D eigenvalue weighted by atomic mass is 9.93. The monoisotopic (exact) mass is 703 g/mol. The predicted octanol–water partition coefficient (Wildman–Crippen LogP) is 11.2. The van der Waals surface area contributed by atoms with Gasteiger partial charge >= 0.3 is 0 Å². The zero-order valence-electron chi connectivity index (χ0n) is 31.8. The summed E-state index contributed by atoms with van der Waals surface area (Å²) in [5.74, 6) is 0. The number of hydrogen-bond donors (Lipinski definition) is 0. The number of benzene rings is 4. The number of nitrogens with zero attached hydrogens (tertiary/aromatic N) is 3. The predicted molar refractivity (Wildman–Crippen MR) is 219 cm³/mol. The van der Waals surface area contributed by atoms with Gasteiger partial charge in [0.15, 0.2) is 9.84 Å². The molecule has 0 aliphatic heterocycles. The van der Waals surface area contributed by atoms with Crippen LogP contribution >= 0.6 is 0 Å². The molecule has 0 saturated heterocycles. The average Bonchev–Trinajstić information content (AvgIpc) is 3.41. The Hall–Kier alpha value is -4.29. The summed E-state index contributed by atoms with van der Waals surface area (Å²) in [4.78, 5) is 4.70. The minimum atomic E-state index is -3.84. The van der Waals surface area contributed by atoms with E-state index in [2.05, 4.69) is 103 Å². The first-order chi connectivity index (χ1) is 24.6. The fourth-order valence-electron chi connectivity index (χ4n) is 7.23. The Morgan fingerprint density at radius 2 is 1.33 bits per heavy atom. The summed E-state index contributed by atoms with van der Waals surface area (Å²) >= 11 is 0. The lowest BCUT2D eigenvalue weighted by Gasteiger charge is -2.23. The molecule has 0 aliphatic carbocycles. The summed E-state index contributed by atoms with van der Waals surface area (Å²) in [6.07, 6.45) is 9.43. The maximum atomic E-state index is 14.9. The van der Waals surface area contributed by atoms with Crippen molar-refractivity contribution in [1.29, 1.82) is 0 Å². The lowest BCUT2D eigenvalue weighted by Crippen LogP contribution is -2.21. The molecule has 4 aromatic carbocycles. The van der Waals surface area contributed by atoms with E-state index in [4.69, 9.17) is 0 Å². The van der Waals surface area contributed by atoms with Gasteiger partial charge in [-0.1, -0.05) is 105 Å². The largest absolute Gasteiger partial charge is 0.378 e. The third-order valence-corrected chi connectivity index (χ3v) is 12.3. The molecule has 270 valence electrons. The van der Waals surface area contributed by atoms with E-state index in [0.29, 0.717) is 4.90 Å². The number of para-hydroxylation sites is 1. The maximum absolute atomic E-state index is 14.9. The SMILES string of the molecule is CCCCCCCCn1c(C)c(/C(=C/C(c2ccc(N(CC)CC)cc2)S(=O)(=O)c2ccc(C)cc2)c2ccc(N(C)C)cc2)c2ccccc21. The Morgan fingerprint density at radius 3 is 1.96 bits per heavy atom. The van der Waals surface area contributed by atoms with Gasteiger partial charge in [-0.15, -0.1) is 0 Å². The van der Waals surface area contributed by atoms with Crippen molar-refractivity contribution in [2.75, 3.05) is 37.0 Å². The second-order valence-electron chi connectivity index (χ2n) is 14.0. The van der Waals surface area contributed by atoms with Crippen molar-refractivity contribution in [3.63, 3.8) is 0 Å². The van der Waals surface area contributed by atoms with E-state index in [0.717, 1.165) is 76.3 Å². The van der Waals surface area contributed by atoms with Gasteiger partial charge in [-0.25, -0.2) is 8.42 Å². The topological polar surface area (TPSA) is 45.6 Å². The highest BCUT2D eigenvalue weighted by Gasteiger charge is 2.30. The zero-order chi connectivity index (χ0) is 36.5. The summed E-state index contributed by atoms with van der Waals surface area (Å²) in [7, 11) is 0.242. The molecular weight excluding hydrogens is 647 g/mol. The molecule has 5 nitrogen and oxygen atoms in total. The van der Waals surface area contributed by atoms with Crippen molar-refractivity contribution in [1.82, 2.24) is 4.57 Å². The molecule has 6 heteroatoms. The van der Waals surface area contributed by atoms with Crippen LogP contribution in [0.4, 0.5) is 11.4 Å². The van der Waals surface area contributed by atoms with Crippen molar-refractivity contribution < 1.29 is 8.42 Å². The number of anilines is 2. The van der Waals surface area contributed by atoms with E-state index in [1.54, 1.807) is 12.1 Å². The second kappa shape index (κ2) is 17.3. The number of aryl methyl sites for hydroxylation is 2. The van der Waals surface area contributed by atoms with Crippen molar-refractivity contribution in [2.24, 2.45) is 0 Å². The van der Waals surface area contributed by atoms with Gasteiger partial charge in [0.2, 0.25) is 0 Å². The quantitative estimate of drug-likeness (QED) is 0.0905. The zero-order valence-corrected chi connectivity index (χ0v) is 32.6. The van der Waals surface area contributed by atoms with Crippen LogP contribution in [-0.2, 0) is 16.4 Å². The summed E-state index contributed by atoms with van der Waals surface area (Å²) in [5, 5.41) is 0.238. The molecule has 51 heavy (non-hydrogen) atoms. The normalized spacial score (nSPS) is 12.7. The van der Waals surface area contributed by atoms with E-state index in [1.807, 2.05) is 51.4 Å². The first kappa shape index (κ1) is 38.0. The molecule has 1 heterocycles. The van der Waals surface area contributed by atoms with Crippen LogP contribution in [0.5, 0.6) is 0 Å². The van der Waals surface area contributed by atoms with E-state index in [-0.39, 0.29) is 0 Å². The third kappa shape index (κ3) is 8.61. The van der Waals surface area contributed by atoms with Crippen LogP contribution in [0.15, 0.2) is 108 Å². The van der Waals surface area contributed by atoms with Gasteiger partial charge in [0.05, 0.1) is 4.90 Å². The van der Waals surface area contributed by atoms with E-state index in [9.17, 15) is 8.42 Å². The van der Waals surface area contributed by atoms with Gasteiger partial charge in [0.1, 0.15) is 5.25 Å². The van der Waals surface area contributed by atoms with Crippen molar-refractivity contribution in [2.45, 2.75) is 89.8 Å². The molecule has 5 aromatic rings. The molecule has 0 fully saturated rings. The first-order valence-corrected chi connectivity index (χ1v) is 20.4. The van der Waals surface area contributed by atoms with E-state index < -0.39 is 15.1 Å². The molecule has 1 aromatic heterocycles. The summed E-state index contributed by atoms with van der Waals surface area (Å²) in [6, 6.07) is 32.5. The third-order valence-electron chi connectivity index (χ3n) is 10.3. The van der Waals surface area contributed by atoms with Crippen LogP contribution < -0.4 is 9.80 Å². The van der Waals surface area contributed by atoms with Crippen molar-refractivity contribution in [3.05, 3.63) is 131 Å². The van der Waals surface area contributed by atoms with Crippen molar-refractivity contribution >= 4 is 37.7 Å². The van der Waals surface area contributed by atoms with Gasteiger partial charge in [0, 0.05) is 67.3 Å². The number of hydrogen-bond acceptors (Lipinski definition) is 4. The summed E-state index contributed by atoms with van der Waals surface area (Å²) in [5.41, 5.74) is 9.34. The first-order valence-electron chi connectivity index (χ1n) is 18.8. The van der Waals surface area contributed by atoms with Crippen LogP contribution in [0.1, 0.15) is 92.5 Å². The van der Waals surface area contributed by atoms with Crippen LogP contribution in [-0.4, -0.2) is 40.2 Å². The fraction of sp³-hybridized carbons (Fsp3) is 0.378. The molecule has 0 bridgehead atoms. The van der Waals surface area contributed by atoms with E-state index >= 15 is 0 Å². The molecule has 0 amide bonds. The van der Waals surface area contributed by atoms with Crippen LogP contribution in [0.2, 0.25) is 0 Å². The van der Waals surface area contributed by atoms with E-state index in [1.165, 1.54) is 37.6 Å². The highest BCUT2D eigenvalue weighted by Crippen LogP contribution is 2.41. The molecule has 0 N–H and O–H groups in total. The second-order valence-corrected chi connectivity index (χ2v) is 16.0. The number of fused-ring (bicyclic) bond motifs is 1. The Bertz CT molecular complexity index is 2000.